The fraction of sp³-hybridized carbons (Fsp3) is 0.269. The van der Waals surface area contributed by atoms with Crippen LogP contribution in [-0.4, -0.2) is 34.0 Å². The Labute approximate surface area is 202 Å². The van der Waals surface area contributed by atoms with Crippen LogP contribution in [-0.2, 0) is 17.7 Å². The SMILES string of the molecule is CC(C)(C)OC(=O)N1CCc2nc(C(=O)Nc3cccc(-c4ccccc4F)c3Cl)ccc2C1. The van der Waals surface area contributed by atoms with Gasteiger partial charge in [0.25, 0.3) is 5.91 Å². The predicted octanol–water partition coefficient (Wildman–Crippen LogP) is 6.09. The number of nitrogens with zero attached hydrogens (tertiary/aromatic N) is 2. The van der Waals surface area contributed by atoms with Crippen LogP contribution < -0.4 is 5.32 Å². The highest BCUT2D eigenvalue weighted by atomic mass is 35.5. The van der Waals surface area contributed by atoms with Gasteiger partial charge in [0, 0.05) is 29.8 Å². The normalized spacial score (nSPS) is 13.3. The summed E-state index contributed by atoms with van der Waals surface area (Å²) in [4.78, 5) is 31.4. The molecule has 8 heteroatoms. The summed E-state index contributed by atoms with van der Waals surface area (Å²) in [5.74, 6) is -0.824. The summed E-state index contributed by atoms with van der Waals surface area (Å²) in [6.07, 6.45) is 0.142. The first-order valence-corrected chi connectivity index (χ1v) is 11.3. The van der Waals surface area contributed by atoms with Gasteiger partial charge >= 0.3 is 6.09 Å². The highest BCUT2D eigenvalue weighted by Gasteiger charge is 2.27. The fourth-order valence-electron chi connectivity index (χ4n) is 3.73. The van der Waals surface area contributed by atoms with Crippen molar-refractivity contribution in [1.29, 1.82) is 0 Å². The second-order valence-corrected chi connectivity index (χ2v) is 9.43. The summed E-state index contributed by atoms with van der Waals surface area (Å²) in [5, 5.41) is 3.02. The van der Waals surface area contributed by atoms with Crippen molar-refractivity contribution in [3.63, 3.8) is 0 Å². The van der Waals surface area contributed by atoms with Crippen molar-refractivity contribution in [2.24, 2.45) is 0 Å². The fourth-order valence-corrected chi connectivity index (χ4v) is 4.00. The van der Waals surface area contributed by atoms with E-state index in [0.717, 1.165) is 11.3 Å². The van der Waals surface area contributed by atoms with E-state index in [2.05, 4.69) is 10.3 Å². The molecule has 0 aliphatic carbocycles. The molecular formula is C26H25ClFN3O3. The first-order chi connectivity index (χ1) is 16.1. The van der Waals surface area contributed by atoms with Crippen LogP contribution in [0.2, 0.25) is 5.02 Å². The Hall–Kier alpha value is -3.45. The number of ether oxygens (including phenoxy) is 1. The Morgan fingerprint density at radius 3 is 2.53 bits per heavy atom. The molecule has 0 saturated carbocycles. The molecule has 0 saturated heterocycles. The maximum absolute atomic E-state index is 14.2. The van der Waals surface area contributed by atoms with Gasteiger partial charge in [-0.1, -0.05) is 48.0 Å². The summed E-state index contributed by atoms with van der Waals surface area (Å²) < 4.78 is 19.7. The van der Waals surface area contributed by atoms with E-state index in [-0.39, 0.29) is 16.8 Å². The van der Waals surface area contributed by atoms with Gasteiger partial charge in [-0.2, -0.15) is 0 Å². The Morgan fingerprint density at radius 2 is 1.79 bits per heavy atom. The van der Waals surface area contributed by atoms with E-state index in [1.165, 1.54) is 6.07 Å². The first kappa shape index (κ1) is 23.7. The third kappa shape index (κ3) is 5.20. The second-order valence-electron chi connectivity index (χ2n) is 9.06. The van der Waals surface area contributed by atoms with E-state index in [0.29, 0.717) is 36.3 Å². The van der Waals surface area contributed by atoms with Crippen LogP contribution in [0.1, 0.15) is 42.5 Å². The molecule has 0 spiro atoms. The number of anilines is 1. The number of fused-ring (bicyclic) bond motifs is 1. The molecule has 1 aliphatic heterocycles. The molecule has 3 aromatic rings. The molecule has 0 fully saturated rings. The van der Waals surface area contributed by atoms with Crippen LogP contribution in [0.15, 0.2) is 54.6 Å². The minimum Gasteiger partial charge on any atom is -0.444 e. The molecule has 176 valence electrons. The van der Waals surface area contributed by atoms with Crippen molar-refractivity contribution in [2.45, 2.75) is 39.3 Å². The molecule has 0 atom stereocenters. The zero-order chi connectivity index (χ0) is 24.5. The lowest BCUT2D eigenvalue weighted by Crippen LogP contribution is -2.40. The number of carbonyl (C=O) groups is 2. The zero-order valence-electron chi connectivity index (χ0n) is 19.2. The Bertz CT molecular complexity index is 1260. The summed E-state index contributed by atoms with van der Waals surface area (Å²) in [6.45, 7) is 6.31. The van der Waals surface area contributed by atoms with E-state index in [4.69, 9.17) is 16.3 Å². The van der Waals surface area contributed by atoms with Crippen molar-refractivity contribution >= 4 is 29.3 Å². The smallest absolute Gasteiger partial charge is 0.410 e. The number of carbonyl (C=O) groups excluding carboxylic acids is 2. The number of aromatic nitrogens is 1. The van der Waals surface area contributed by atoms with Crippen LogP contribution in [0.25, 0.3) is 11.1 Å². The van der Waals surface area contributed by atoms with Gasteiger partial charge in [-0.25, -0.2) is 14.2 Å². The molecule has 1 N–H and O–H groups in total. The molecular weight excluding hydrogens is 457 g/mol. The third-order valence-electron chi connectivity index (χ3n) is 5.34. The standard InChI is InChI=1S/C26H25ClFN3O3/c1-26(2,3)34-25(33)31-14-13-20-16(15-31)11-12-22(29-20)24(32)30-21-10-6-8-18(23(21)27)17-7-4-5-9-19(17)28/h4-12H,13-15H2,1-3H3,(H,30,32). The lowest BCUT2D eigenvalue weighted by Gasteiger charge is -2.30. The quantitative estimate of drug-likeness (QED) is 0.491. The molecule has 0 radical (unpaired) electrons. The van der Waals surface area contributed by atoms with E-state index >= 15 is 0 Å². The van der Waals surface area contributed by atoms with Gasteiger partial charge < -0.3 is 15.0 Å². The van der Waals surface area contributed by atoms with Gasteiger partial charge in [-0.15, -0.1) is 0 Å². The molecule has 4 rings (SSSR count). The molecule has 6 nitrogen and oxygen atoms in total. The van der Waals surface area contributed by atoms with E-state index in [9.17, 15) is 14.0 Å². The molecule has 2 amide bonds. The van der Waals surface area contributed by atoms with Gasteiger partial charge in [-0.3, -0.25) is 4.79 Å². The van der Waals surface area contributed by atoms with Crippen molar-refractivity contribution in [3.8, 4) is 11.1 Å². The first-order valence-electron chi connectivity index (χ1n) is 10.9. The van der Waals surface area contributed by atoms with Gasteiger partial charge in [0.15, 0.2) is 0 Å². The number of hydrogen-bond acceptors (Lipinski definition) is 4. The van der Waals surface area contributed by atoms with Gasteiger partial charge in [-0.05, 0) is 44.5 Å². The van der Waals surface area contributed by atoms with Crippen LogP contribution in [0.5, 0.6) is 0 Å². The van der Waals surface area contributed by atoms with E-state index in [1.807, 2.05) is 20.8 Å². The van der Waals surface area contributed by atoms with Gasteiger partial charge in [0.05, 0.1) is 17.3 Å². The van der Waals surface area contributed by atoms with Crippen molar-refractivity contribution < 1.29 is 18.7 Å². The van der Waals surface area contributed by atoms with E-state index in [1.54, 1.807) is 53.4 Å². The second kappa shape index (κ2) is 9.43. The van der Waals surface area contributed by atoms with Gasteiger partial charge in [0.2, 0.25) is 0 Å². The summed E-state index contributed by atoms with van der Waals surface area (Å²) in [7, 11) is 0. The Morgan fingerprint density at radius 1 is 1.06 bits per heavy atom. The lowest BCUT2D eigenvalue weighted by molar-refractivity contribution is 0.0222. The molecule has 1 aliphatic rings. The van der Waals surface area contributed by atoms with Crippen molar-refractivity contribution in [1.82, 2.24) is 9.88 Å². The highest BCUT2D eigenvalue weighted by molar-refractivity contribution is 6.36. The van der Waals surface area contributed by atoms with Crippen molar-refractivity contribution in [2.75, 3.05) is 11.9 Å². The molecule has 2 aromatic carbocycles. The van der Waals surface area contributed by atoms with Crippen molar-refractivity contribution in [3.05, 3.63) is 82.4 Å². The minimum absolute atomic E-state index is 0.233. The van der Waals surface area contributed by atoms with E-state index < -0.39 is 17.3 Å². The van der Waals surface area contributed by atoms with Crippen LogP contribution >= 0.6 is 11.6 Å². The van der Waals surface area contributed by atoms with Crippen LogP contribution in [0.4, 0.5) is 14.9 Å². The predicted molar refractivity (Wildman–Crippen MR) is 129 cm³/mol. The number of hydrogen-bond donors (Lipinski definition) is 1. The third-order valence-corrected chi connectivity index (χ3v) is 5.75. The number of nitrogens with one attached hydrogen (secondary N) is 1. The molecule has 1 aromatic heterocycles. The average Bonchev–Trinajstić information content (AvgIpc) is 2.79. The van der Waals surface area contributed by atoms with Gasteiger partial charge in [0.1, 0.15) is 17.1 Å². The lowest BCUT2D eigenvalue weighted by atomic mass is 10.0. The summed E-state index contributed by atoms with van der Waals surface area (Å²) in [5.41, 5.74) is 2.50. The number of halogens is 2. The Kier molecular flexibility index (Phi) is 6.57. The number of amides is 2. The Balaban J connectivity index is 1.50. The zero-order valence-corrected chi connectivity index (χ0v) is 19.9. The summed E-state index contributed by atoms with van der Waals surface area (Å²) >= 11 is 6.50. The van der Waals surface area contributed by atoms with Crippen LogP contribution in [0.3, 0.4) is 0 Å². The average molecular weight is 482 g/mol. The number of rotatable bonds is 3. The molecule has 0 unspecified atom stereocenters. The maximum Gasteiger partial charge on any atom is 0.410 e. The highest BCUT2D eigenvalue weighted by Crippen LogP contribution is 2.35. The number of pyridine rings is 1. The van der Waals surface area contributed by atoms with Crippen LogP contribution in [0, 0.1) is 5.82 Å². The topological polar surface area (TPSA) is 71.5 Å². The minimum atomic E-state index is -0.567. The molecule has 0 bridgehead atoms. The summed E-state index contributed by atoms with van der Waals surface area (Å²) in [6, 6.07) is 14.8. The largest absolute Gasteiger partial charge is 0.444 e. The molecule has 34 heavy (non-hydrogen) atoms. The molecule has 2 heterocycles. The maximum atomic E-state index is 14.2. The number of benzene rings is 2. The monoisotopic (exact) mass is 481 g/mol.